The van der Waals surface area contributed by atoms with Gasteiger partial charge in [0.25, 0.3) is 0 Å². The largest absolute Gasteiger partial charge is 0.482 e. The Balaban J connectivity index is 1.15. The van der Waals surface area contributed by atoms with Gasteiger partial charge in [-0.15, -0.1) is 0 Å². The number of aliphatic hydroxyl groups excluding tert-OH is 1. The number of rotatable bonds is 4. The maximum atomic E-state index is 12.9. The topological polar surface area (TPSA) is 77.5 Å². The fourth-order valence-corrected chi connectivity index (χ4v) is 6.06. The molecule has 4 aliphatic rings. The standard InChI is InChI=1S/C28H25NO6/c30-22-10-18-7-8-29-13-19-11-23-24(34-15-33-23)12-21(19)26(27(18)29)28(22)35-25(31)14-32-20-6-5-16-3-1-2-4-17(16)9-20/h1-6,9-12,22,26-28,30H,7-8,13-15H2. The summed E-state index contributed by atoms with van der Waals surface area (Å²) in [5.41, 5.74) is 3.39. The lowest BCUT2D eigenvalue weighted by molar-refractivity contribution is -0.159. The van der Waals surface area contributed by atoms with Crippen molar-refractivity contribution in [3.05, 3.63) is 77.4 Å². The van der Waals surface area contributed by atoms with Crippen LogP contribution in [0.3, 0.4) is 0 Å². The van der Waals surface area contributed by atoms with E-state index in [4.69, 9.17) is 18.9 Å². The van der Waals surface area contributed by atoms with Gasteiger partial charge in [0.15, 0.2) is 18.1 Å². The number of hydrogen-bond acceptors (Lipinski definition) is 7. The lowest BCUT2D eigenvalue weighted by Crippen LogP contribution is -2.51. The molecule has 3 aromatic carbocycles. The summed E-state index contributed by atoms with van der Waals surface area (Å²) < 4.78 is 22.9. The van der Waals surface area contributed by atoms with E-state index in [0.717, 1.165) is 47.2 Å². The summed E-state index contributed by atoms with van der Waals surface area (Å²) >= 11 is 0. The van der Waals surface area contributed by atoms with E-state index in [1.165, 1.54) is 5.57 Å². The highest BCUT2D eigenvalue weighted by Crippen LogP contribution is 2.50. The predicted molar refractivity (Wildman–Crippen MR) is 128 cm³/mol. The van der Waals surface area contributed by atoms with Gasteiger partial charge in [-0.3, -0.25) is 4.90 Å². The Kier molecular flexibility index (Phi) is 4.75. The zero-order valence-corrected chi connectivity index (χ0v) is 19.1. The molecule has 3 aromatic rings. The number of benzene rings is 3. The molecule has 1 fully saturated rings. The molecule has 0 aromatic heterocycles. The van der Waals surface area contributed by atoms with Gasteiger partial charge in [-0.1, -0.05) is 42.0 Å². The molecule has 1 N–H and O–H groups in total. The van der Waals surface area contributed by atoms with Crippen molar-refractivity contribution in [1.29, 1.82) is 0 Å². The van der Waals surface area contributed by atoms with Crippen molar-refractivity contribution in [2.45, 2.75) is 37.1 Å². The molecule has 3 heterocycles. The highest BCUT2D eigenvalue weighted by atomic mass is 16.7. The minimum absolute atomic E-state index is 0.102. The fourth-order valence-electron chi connectivity index (χ4n) is 6.06. The fraction of sp³-hybridized carbons (Fsp3) is 0.321. The van der Waals surface area contributed by atoms with Crippen LogP contribution in [0.1, 0.15) is 23.5 Å². The number of esters is 1. The summed E-state index contributed by atoms with van der Waals surface area (Å²) in [6.07, 6.45) is 1.19. The third-order valence-corrected chi connectivity index (χ3v) is 7.59. The number of carbonyl (C=O) groups is 1. The van der Waals surface area contributed by atoms with E-state index in [9.17, 15) is 9.90 Å². The van der Waals surface area contributed by atoms with E-state index < -0.39 is 18.2 Å². The van der Waals surface area contributed by atoms with Crippen LogP contribution in [0.2, 0.25) is 0 Å². The van der Waals surface area contributed by atoms with Crippen molar-refractivity contribution in [2.75, 3.05) is 19.9 Å². The molecule has 4 atom stereocenters. The van der Waals surface area contributed by atoms with Crippen molar-refractivity contribution in [2.24, 2.45) is 0 Å². The molecule has 0 amide bonds. The number of fused-ring (bicyclic) bond motifs is 4. The Morgan fingerprint density at radius 1 is 1.06 bits per heavy atom. The van der Waals surface area contributed by atoms with E-state index in [0.29, 0.717) is 11.5 Å². The molecule has 1 aliphatic carbocycles. The van der Waals surface area contributed by atoms with Crippen molar-refractivity contribution < 1.29 is 28.8 Å². The first-order valence-corrected chi connectivity index (χ1v) is 12.0. The number of aliphatic hydroxyl groups is 1. The van der Waals surface area contributed by atoms with E-state index in [1.54, 1.807) is 0 Å². The monoisotopic (exact) mass is 471 g/mol. The van der Waals surface area contributed by atoms with Gasteiger partial charge in [0, 0.05) is 25.0 Å². The molecular weight excluding hydrogens is 446 g/mol. The Hall–Kier alpha value is -3.55. The maximum absolute atomic E-state index is 12.9. The average Bonchev–Trinajstić information content (AvgIpc) is 3.50. The number of ether oxygens (including phenoxy) is 4. The van der Waals surface area contributed by atoms with Gasteiger partial charge in [0.05, 0.1) is 0 Å². The van der Waals surface area contributed by atoms with Crippen LogP contribution < -0.4 is 14.2 Å². The Morgan fingerprint density at radius 2 is 1.89 bits per heavy atom. The van der Waals surface area contributed by atoms with Crippen molar-refractivity contribution >= 4 is 16.7 Å². The zero-order chi connectivity index (χ0) is 23.5. The summed E-state index contributed by atoms with van der Waals surface area (Å²) in [6.45, 7) is 1.69. The second-order valence-corrected chi connectivity index (χ2v) is 9.58. The van der Waals surface area contributed by atoms with Crippen LogP contribution in [0, 0.1) is 0 Å². The van der Waals surface area contributed by atoms with Crippen molar-refractivity contribution in [3.8, 4) is 17.2 Å². The van der Waals surface area contributed by atoms with Gasteiger partial charge in [-0.25, -0.2) is 4.79 Å². The predicted octanol–water partition coefficient (Wildman–Crippen LogP) is 3.53. The summed E-state index contributed by atoms with van der Waals surface area (Å²) in [5.74, 6) is 1.35. The number of hydrogen-bond donors (Lipinski definition) is 1. The minimum Gasteiger partial charge on any atom is -0.482 e. The first-order valence-electron chi connectivity index (χ1n) is 12.0. The van der Waals surface area contributed by atoms with Crippen LogP contribution >= 0.6 is 0 Å². The molecule has 0 saturated carbocycles. The molecule has 0 bridgehead atoms. The van der Waals surface area contributed by atoms with Gasteiger partial charge < -0.3 is 24.1 Å². The van der Waals surface area contributed by atoms with Crippen molar-refractivity contribution in [3.63, 3.8) is 0 Å². The smallest absolute Gasteiger partial charge is 0.344 e. The normalized spacial score (nSPS) is 26.1. The number of nitrogens with zero attached hydrogens (tertiary/aromatic N) is 1. The average molecular weight is 472 g/mol. The van der Waals surface area contributed by atoms with E-state index in [2.05, 4.69) is 4.90 Å². The molecule has 7 heteroatoms. The lowest BCUT2D eigenvalue weighted by Gasteiger charge is -2.45. The summed E-state index contributed by atoms with van der Waals surface area (Å²) in [6, 6.07) is 17.8. The molecular formula is C28H25NO6. The molecule has 3 aliphatic heterocycles. The summed E-state index contributed by atoms with van der Waals surface area (Å²) in [4.78, 5) is 15.3. The van der Waals surface area contributed by atoms with Crippen LogP contribution in [0.25, 0.3) is 10.8 Å². The first kappa shape index (κ1) is 20.8. The first-order chi connectivity index (χ1) is 17.1. The Morgan fingerprint density at radius 3 is 2.77 bits per heavy atom. The van der Waals surface area contributed by atoms with Gasteiger partial charge in [0.1, 0.15) is 18.0 Å². The van der Waals surface area contributed by atoms with E-state index >= 15 is 0 Å². The highest BCUT2D eigenvalue weighted by Gasteiger charge is 2.50. The second kappa shape index (κ2) is 8.00. The SMILES string of the molecule is O=C(COc1ccc2ccccc2c1)OC1C(O)C=C2CCN3Cc4cc5c(cc4C1C23)OCO5. The molecule has 178 valence electrons. The van der Waals surface area contributed by atoms with Crippen LogP contribution in [-0.2, 0) is 16.1 Å². The summed E-state index contributed by atoms with van der Waals surface area (Å²) in [5, 5.41) is 13.2. The van der Waals surface area contributed by atoms with E-state index in [1.807, 2.05) is 60.7 Å². The number of carbonyl (C=O) groups excluding carboxylic acids is 1. The second-order valence-electron chi connectivity index (χ2n) is 9.58. The van der Waals surface area contributed by atoms with Crippen LogP contribution in [0.15, 0.2) is 66.2 Å². The van der Waals surface area contributed by atoms with Gasteiger partial charge in [-0.05, 0) is 52.6 Å². The zero-order valence-electron chi connectivity index (χ0n) is 19.1. The third-order valence-electron chi connectivity index (χ3n) is 7.59. The molecule has 0 spiro atoms. The van der Waals surface area contributed by atoms with Crippen LogP contribution in [0.4, 0.5) is 0 Å². The Bertz CT molecular complexity index is 1370. The van der Waals surface area contributed by atoms with Gasteiger partial charge in [-0.2, -0.15) is 0 Å². The molecule has 4 unspecified atom stereocenters. The quantitative estimate of drug-likeness (QED) is 0.461. The third kappa shape index (κ3) is 3.46. The Labute approximate surface area is 202 Å². The molecule has 7 nitrogen and oxygen atoms in total. The van der Waals surface area contributed by atoms with Crippen LogP contribution in [-0.4, -0.2) is 54.2 Å². The summed E-state index contributed by atoms with van der Waals surface area (Å²) in [7, 11) is 0. The minimum atomic E-state index is -0.882. The van der Waals surface area contributed by atoms with E-state index in [-0.39, 0.29) is 25.4 Å². The maximum Gasteiger partial charge on any atom is 0.344 e. The van der Waals surface area contributed by atoms with Gasteiger partial charge in [0.2, 0.25) is 6.79 Å². The highest BCUT2D eigenvalue weighted by molar-refractivity contribution is 5.83. The molecule has 7 rings (SSSR count). The van der Waals surface area contributed by atoms with Crippen LogP contribution in [0.5, 0.6) is 17.2 Å². The molecule has 0 radical (unpaired) electrons. The lowest BCUT2D eigenvalue weighted by atomic mass is 9.73. The van der Waals surface area contributed by atoms with Gasteiger partial charge >= 0.3 is 5.97 Å². The van der Waals surface area contributed by atoms with Crippen molar-refractivity contribution in [1.82, 2.24) is 4.90 Å². The molecule has 1 saturated heterocycles. The molecule has 35 heavy (non-hydrogen) atoms.